The van der Waals surface area contributed by atoms with E-state index in [1.807, 2.05) is 0 Å². The summed E-state index contributed by atoms with van der Waals surface area (Å²) in [5.41, 5.74) is -1.10. The number of carbonyl (C=O) groups is 3. The molecule has 8 nitrogen and oxygen atoms in total. The molecule has 2 unspecified atom stereocenters. The summed E-state index contributed by atoms with van der Waals surface area (Å²) in [4.78, 5) is 39.4. The SMILES string of the molecule is CC(C(=O)NC(F)C(F)F)c1cc(F)c(NC(=O)[C@@H](NC(=O)OC(C)(C)C)C(C2CCCCC2)C2CCCCC2)cc1CO. The van der Waals surface area contributed by atoms with Crippen molar-refractivity contribution in [3.05, 3.63) is 29.1 Å². The Morgan fingerprint density at radius 3 is 1.93 bits per heavy atom. The summed E-state index contributed by atoms with van der Waals surface area (Å²) in [5, 5.41) is 16.9. The zero-order valence-electron chi connectivity index (χ0n) is 26.1. The largest absolute Gasteiger partial charge is 0.444 e. The van der Waals surface area contributed by atoms with Gasteiger partial charge in [-0.05, 0) is 68.7 Å². The fourth-order valence-electron chi connectivity index (χ4n) is 6.68. The molecule has 2 fully saturated rings. The lowest BCUT2D eigenvalue weighted by Gasteiger charge is -2.42. The van der Waals surface area contributed by atoms with Crippen molar-refractivity contribution in [1.29, 1.82) is 0 Å². The fraction of sp³-hybridized carbons (Fsp3) is 0.719. The molecule has 3 atom stereocenters. The number of ether oxygens (including phenoxy) is 1. The van der Waals surface area contributed by atoms with Crippen LogP contribution < -0.4 is 16.0 Å². The first kappa shape index (κ1) is 35.6. The van der Waals surface area contributed by atoms with Gasteiger partial charge in [0.25, 0.3) is 6.43 Å². The van der Waals surface area contributed by atoms with Crippen LogP contribution in [0.3, 0.4) is 0 Å². The number of alkyl carbamates (subject to hydrolysis) is 1. The Balaban J connectivity index is 1.94. The monoisotopic (exact) mass is 629 g/mol. The van der Waals surface area contributed by atoms with E-state index >= 15 is 4.39 Å². The van der Waals surface area contributed by atoms with Crippen molar-refractivity contribution in [3.63, 3.8) is 0 Å². The lowest BCUT2D eigenvalue weighted by atomic mass is 9.66. The van der Waals surface area contributed by atoms with Crippen LogP contribution in [0, 0.1) is 23.6 Å². The van der Waals surface area contributed by atoms with E-state index in [0.717, 1.165) is 76.3 Å². The number of nitrogens with one attached hydrogen (secondary N) is 3. The minimum Gasteiger partial charge on any atom is -0.444 e. The van der Waals surface area contributed by atoms with Crippen LogP contribution >= 0.6 is 0 Å². The van der Waals surface area contributed by atoms with Crippen molar-refractivity contribution in [2.75, 3.05) is 5.32 Å². The molecule has 0 saturated heterocycles. The molecule has 2 aliphatic carbocycles. The van der Waals surface area contributed by atoms with Gasteiger partial charge in [0, 0.05) is 0 Å². The number of benzene rings is 1. The summed E-state index contributed by atoms with van der Waals surface area (Å²) in [6, 6.07) is 1.05. The molecule has 0 radical (unpaired) electrons. The topological polar surface area (TPSA) is 117 Å². The van der Waals surface area contributed by atoms with Crippen molar-refractivity contribution in [2.24, 2.45) is 17.8 Å². The molecule has 44 heavy (non-hydrogen) atoms. The molecule has 1 aromatic carbocycles. The summed E-state index contributed by atoms with van der Waals surface area (Å²) in [7, 11) is 0. The maximum atomic E-state index is 15.5. The third-order valence-corrected chi connectivity index (χ3v) is 8.75. The van der Waals surface area contributed by atoms with Gasteiger partial charge in [0.15, 0.2) is 0 Å². The van der Waals surface area contributed by atoms with Crippen LogP contribution in [0.1, 0.15) is 109 Å². The zero-order valence-corrected chi connectivity index (χ0v) is 26.1. The lowest BCUT2D eigenvalue weighted by Crippen LogP contribution is -2.54. The van der Waals surface area contributed by atoms with Crippen molar-refractivity contribution < 1.29 is 41.8 Å². The molecule has 0 bridgehead atoms. The van der Waals surface area contributed by atoms with E-state index in [-0.39, 0.29) is 34.6 Å². The van der Waals surface area contributed by atoms with E-state index < -0.39 is 60.6 Å². The van der Waals surface area contributed by atoms with Crippen LogP contribution in [0.5, 0.6) is 0 Å². The van der Waals surface area contributed by atoms with Crippen LogP contribution in [0.25, 0.3) is 0 Å². The van der Waals surface area contributed by atoms with E-state index in [1.54, 1.807) is 20.8 Å². The van der Waals surface area contributed by atoms with Crippen LogP contribution in [-0.4, -0.2) is 47.4 Å². The fourth-order valence-corrected chi connectivity index (χ4v) is 6.68. The van der Waals surface area contributed by atoms with Gasteiger partial charge in [0.2, 0.25) is 18.1 Å². The number of hydrogen-bond donors (Lipinski definition) is 4. The van der Waals surface area contributed by atoms with E-state index in [4.69, 9.17) is 4.74 Å². The third kappa shape index (κ3) is 9.81. The highest BCUT2D eigenvalue weighted by Gasteiger charge is 2.42. The Bertz CT molecular complexity index is 1120. The molecule has 12 heteroatoms. The number of anilines is 1. The highest BCUT2D eigenvalue weighted by atomic mass is 19.3. The smallest absolute Gasteiger partial charge is 0.408 e. The van der Waals surface area contributed by atoms with Crippen molar-refractivity contribution in [3.8, 4) is 0 Å². The van der Waals surface area contributed by atoms with Crippen molar-refractivity contribution in [2.45, 2.75) is 129 Å². The summed E-state index contributed by atoms with van der Waals surface area (Å²) < 4.78 is 59.6. The molecule has 0 spiro atoms. The first-order valence-corrected chi connectivity index (χ1v) is 15.7. The molecule has 3 amide bonds. The van der Waals surface area contributed by atoms with Gasteiger partial charge >= 0.3 is 6.09 Å². The second kappa shape index (κ2) is 15.9. The quantitative estimate of drug-likeness (QED) is 0.160. The van der Waals surface area contributed by atoms with Gasteiger partial charge in [-0.3, -0.25) is 9.59 Å². The Hall–Kier alpha value is -2.89. The van der Waals surface area contributed by atoms with E-state index in [9.17, 15) is 32.7 Å². The molecule has 2 saturated carbocycles. The highest BCUT2D eigenvalue weighted by Crippen LogP contribution is 2.42. The molecule has 2 aliphatic rings. The van der Waals surface area contributed by atoms with Gasteiger partial charge in [0.05, 0.1) is 18.2 Å². The second-order valence-electron chi connectivity index (χ2n) is 13.1. The molecule has 0 aliphatic heterocycles. The number of halogens is 4. The average molecular weight is 630 g/mol. The van der Waals surface area contributed by atoms with Crippen LogP contribution in [0.15, 0.2) is 12.1 Å². The predicted molar refractivity (Wildman–Crippen MR) is 158 cm³/mol. The Kier molecular flexibility index (Phi) is 12.9. The Morgan fingerprint density at radius 2 is 1.45 bits per heavy atom. The first-order valence-electron chi connectivity index (χ1n) is 15.7. The van der Waals surface area contributed by atoms with Gasteiger partial charge < -0.3 is 25.8 Å². The summed E-state index contributed by atoms with van der Waals surface area (Å²) >= 11 is 0. The van der Waals surface area contributed by atoms with Crippen molar-refractivity contribution in [1.82, 2.24) is 10.6 Å². The van der Waals surface area contributed by atoms with Crippen LogP contribution in [0.2, 0.25) is 0 Å². The second-order valence-corrected chi connectivity index (χ2v) is 13.1. The number of alkyl halides is 3. The molecule has 0 aromatic heterocycles. The standard InChI is InChI=1S/C32H47F4N3O5/c1-18(29(41)39-28(36)27(34)35)22-16-23(33)24(15-21(22)17-40)37-30(42)26(38-31(43)44-32(2,3)4)25(19-11-7-5-8-12-19)20-13-9-6-10-14-20/h15-16,18-20,25-28,40H,5-14,17H2,1-4H3,(H,37,42)(H,38,43)(H,39,41)/t18?,26-,28?/m0/s1. The van der Waals surface area contributed by atoms with Crippen LogP contribution in [-0.2, 0) is 20.9 Å². The first-order chi connectivity index (χ1) is 20.7. The Morgan fingerprint density at radius 1 is 0.909 bits per heavy atom. The normalized spacial score (nSPS) is 18.9. The van der Waals surface area contributed by atoms with Crippen molar-refractivity contribution >= 4 is 23.6 Å². The third-order valence-electron chi connectivity index (χ3n) is 8.75. The van der Waals surface area contributed by atoms with Gasteiger partial charge in [-0.25, -0.2) is 22.4 Å². The number of amides is 3. The van der Waals surface area contributed by atoms with Gasteiger partial charge in [-0.15, -0.1) is 0 Å². The minimum absolute atomic E-state index is 0.0459. The number of carbonyl (C=O) groups excluding carboxylic acids is 3. The number of aliphatic hydroxyl groups is 1. The van der Waals surface area contributed by atoms with Gasteiger partial charge in [0.1, 0.15) is 17.5 Å². The zero-order chi connectivity index (χ0) is 32.6. The van der Waals surface area contributed by atoms with Gasteiger partial charge in [-0.1, -0.05) is 64.2 Å². The molecule has 3 rings (SSSR count). The number of rotatable bonds is 11. The van der Waals surface area contributed by atoms with Gasteiger partial charge in [-0.2, -0.15) is 0 Å². The van der Waals surface area contributed by atoms with Crippen LogP contribution in [0.4, 0.5) is 28.0 Å². The number of hydrogen-bond acceptors (Lipinski definition) is 5. The predicted octanol–water partition coefficient (Wildman–Crippen LogP) is 6.71. The Labute approximate surface area is 257 Å². The lowest BCUT2D eigenvalue weighted by molar-refractivity contribution is -0.126. The minimum atomic E-state index is -3.44. The summed E-state index contributed by atoms with van der Waals surface area (Å²) in [5.74, 6) is -3.80. The van der Waals surface area contributed by atoms with E-state index in [0.29, 0.717) is 0 Å². The molecule has 0 heterocycles. The molecule has 1 aromatic rings. The summed E-state index contributed by atoms with van der Waals surface area (Å²) in [6.45, 7) is 5.75. The molecular formula is C32H47F4N3O5. The number of aliphatic hydroxyl groups excluding tert-OH is 1. The molecule has 4 N–H and O–H groups in total. The van der Waals surface area contributed by atoms with E-state index in [2.05, 4.69) is 10.6 Å². The maximum absolute atomic E-state index is 15.5. The molecular weight excluding hydrogens is 582 g/mol. The maximum Gasteiger partial charge on any atom is 0.408 e. The van der Waals surface area contributed by atoms with E-state index in [1.165, 1.54) is 12.2 Å². The average Bonchev–Trinajstić information content (AvgIpc) is 2.97. The summed E-state index contributed by atoms with van der Waals surface area (Å²) in [6.07, 6.45) is 2.90. The molecule has 248 valence electrons. The highest BCUT2D eigenvalue weighted by molar-refractivity contribution is 5.97.